The lowest BCUT2D eigenvalue weighted by Gasteiger charge is -2.13. The van der Waals surface area contributed by atoms with E-state index in [2.05, 4.69) is 4.74 Å². The Kier molecular flexibility index (Phi) is 4.40. The molecule has 0 fully saturated rings. The number of hydrogen-bond acceptors (Lipinski definition) is 2. The van der Waals surface area contributed by atoms with E-state index in [0.717, 1.165) is 0 Å². The molecule has 0 heterocycles. The van der Waals surface area contributed by atoms with Gasteiger partial charge in [-0.05, 0) is 13.0 Å². The van der Waals surface area contributed by atoms with Gasteiger partial charge in [-0.2, -0.15) is 0 Å². The highest BCUT2D eigenvalue weighted by atomic mass is 35.5. The number of benzene rings is 1. The summed E-state index contributed by atoms with van der Waals surface area (Å²) in [4.78, 5) is 11.6. The Morgan fingerprint density at radius 1 is 1.41 bits per heavy atom. The van der Waals surface area contributed by atoms with Crippen LogP contribution in [-0.2, 0) is 0 Å². The van der Waals surface area contributed by atoms with Gasteiger partial charge in [0.15, 0.2) is 5.78 Å². The summed E-state index contributed by atoms with van der Waals surface area (Å²) >= 11 is 5.41. The van der Waals surface area contributed by atoms with Gasteiger partial charge in [0.25, 0.3) is 0 Å². The average molecular weight is 267 g/mol. The normalized spacial score (nSPS) is 11.4. The Morgan fingerprint density at radius 3 is 2.59 bits per heavy atom. The van der Waals surface area contributed by atoms with Crippen molar-refractivity contribution in [3.8, 4) is 5.75 Å². The zero-order chi connectivity index (χ0) is 13.1. The van der Waals surface area contributed by atoms with E-state index < -0.39 is 6.36 Å². The van der Waals surface area contributed by atoms with Crippen molar-refractivity contribution in [1.29, 1.82) is 0 Å². The van der Waals surface area contributed by atoms with Crippen LogP contribution in [0.2, 0.25) is 0 Å². The summed E-state index contributed by atoms with van der Waals surface area (Å²) in [6.45, 7) is 1.41. The molecule has 0 saturated heterocycles. The summed E-state index contributed by atoms with van der Waals surface area (Å²) in [7, 11) is 0. The van der Waals surface area contributed by atoms with Crippen molar-refractivity contribution in [1.82, 2.24) is 0 Å². The van der Waals surface area contributed by atoms with Gasteiger partial charge >= 0.3 is 6.36 Å². The Hall–Kier alpha value is -1.23. The van der Waals surface area contributed by atoms with Crippen LogP contribution < -0.4 is 4.74 Å². The van der Waals surface area contributed by atoms with E-state index in [4.69, 9.17) is 11.6 Å². The monoisotopic (exact) mass is 266 g/mol. The van der Waals surface area contributed by atoms with Crippen molar-refractivity contribution in [2.75, 3.05) is 5.88 Å². The maximum absolute atomic E-state index is 12.1. The molecule has 1 aromatic rings. The lowest BCUT2D eigenvalue weighted by atomic mass is 10.0. The molecule has 0 amide bonds. The largest absolute Gasteiger partial charge is 0.573 e. The van der Waals surface area contributed by atoms with Gasteiger partial charge in [0.2, 0.25) is 0 Å². The van der Waals surface area contributed by atoms with Crippen LogP contribution in [0, 0.1) is 6.92 Å². The molecule has 0 atom stereocenters. The van der Waals surface area contributed by atoms with Gasteiger partial charge in [0.05, 0.1) is 0 Å². The lowest BCUT2D eigenvalue weighted by Crippen LogP contribution is -2.18. The first-order valence-corrected chi connectivity index (χ1v) is 5.33. The summed E-state index contributed by atoms with van der Waals surface area (Å²) < 4.78 is 40.0. The van der Waals surface area contributed by atoms with Gasteiger partial charge in [0, 0.05) is 23.4 Å². The van der Waals surface area contributed by atoms with E-state index in [1.807, 2.05) is 0 Å². The lowest BCUT2D eigenvalue weighted by molar-refractivity contribution is -0.274. The van der Waals surface area contributed by atoms with Gasteiger partial charge in [-0.25, -0.2) is 0 Å². The minimum atomic E-state index is -4.76. The minimum Gasteiger partial charge on any atom is -0.405 e. The smallest absolute Gasteiger partial charge is 0.405 e. The molecule has 0 saturated carbocycles. The van der Waals surface area contributed by atoms with E-state index in [-0.39, 0.29) is 35.0 Å². The highest BCUT2D eigenvalue weighted by Crippen LogP contribution is 2.28. The Bertz CT molecular complexity index is 416. The molecule has 1 rings (SSSR count). The maximum atomic E-state index is 12.1. The van der Waals surface area contributed by atoms with Crippen molar-refractivity contribution in [3.63, 3.8) is 0 Å². The minimum absolute atomic E-state index is 0.0812. The van der Waals surface area contributed by atoms with Crippen molar-refractivity contribution in [2.45, 2.75) is 19.7 Å². The van der Waals surface area contributed by atoms with Gasteiger partial charge in [0.1, 0.15) is 5.75 Å². The molecule has 0 aromatic heterocycles. The quantitative estimate of drug-likeness (QED) is 0.613. The van der Waals surface area contributed by atoms with Crippen molar-refractivity contribution < 1.29 is 22.7 Å². The molecule has 2 nitrogen and oxygen atoms in total. The van der Waals surface area contributed by atoms with Gasteiger partial charge < -0.3 is 4.74 Å². The van der Waals surface area contributed by atoms with Crippen LogP contribution in [0.3, 0.4) is 0 Å². The van der Waals surface area contributed by atoms with Crippen molar-refractivity contribution >= 4 is 17.4 Å². The van der Waals surface area contributed by atoms with Gasteiger partial charge in [-0.3, -0.25) is 4.79 Å². The van der Waals surface area contributed by atoms with Crippen LogP contribution in [0.1, 0.15) is 22.3 Å². The predicted octanol–water partition coefficient (Wildman–Crippen LogP) is 3.71. The van der Waals surface area contributed by atoms with E-state index in [1.54, 1.807) is 0 Å². The fourth-order valence-corrected chi connectivity index (χ4v) is 1.54. The number of carbonyl (C=O) groups excluding carboxylic acids is 1. The first-order chi connectivity index (χ1) is 7.85. The van der Waals surface area contributed by atoms with E-state index in [1.165, 1.54) is 25.1 Å². The molecule has 94 valence electrons. The molecular weight excluding hydrogens is 257 g/mol. The Morgan fingerprint density at radius 2 is 2.06 bits per heavy atom. The summed E-state index contributed by atoms with van der Waals surface area (Å²) in [5, 5.41) is 0. The average Bonchev–Trinajstić information content (AvgIpc) is 2.19. The highest BCUT2D eigenvalue weighted by molar-refractivity contribution is 6.19. The number of rotatable bonds is 4. The second-order valence-corrected chi connectivity index (χ2v) is 3.72. The summed E-state index contributed by atoms with van der Waals surface area (Å²) in [5.74, 6) is -0.536. The van der Waals surface area contributed by atoms with Crippen LogP contribution in [0.4, 0.5) is 13.2 Å². The third-order valence-electron chi connectivity index (χ3n) is 2.13. The molecule has 0 radical (unpaired) electrons. The molecule has 0 unspecified atom stereocenters. The molecular formula is C11H10ClF3O2. The molecule has 0 aliphatic carbocycles. The van der Waals surface area contributed by atoms with Gasteiger partial charge in [-0.15, -0.1) is 24.8 Å². The van der Waals surface area contributed by atoms with Crippen LogP contribution in [0.15, 0.2) is 18.2 Å². The first-order valence-electron chi connectivity index (χ1n) is 4.79. The van der Waals surface area contributed by atoms with Crippen LogP contribution in [-0.4, -0.2) is 18.0 Å². The second-order valence-electron chi connectivity index (χ2n) is 3.34. The first kappa shape index (κ1) is 13.8. The Balaban J connectivity index is 3.03. The fourth-order valence-electron chi connectivity index (χ4n) is 1.37. The molecule has 17 heavy (non-hydrogen) atoms. The fraction of sp³-hybridized carbons (Fsp3) is 0.364. The number of alkyl halides is 4. The number of ether oxygens (including phenoxy) is 1. The van der Waals surface area contributed by atoms with E-state index in [0.29, 0.717) is 0 Å². The molecule has 6 heteroatoms. The molecule has 0 aliphatic rings. The SMILES string of the molecule is Cc1c(OC(F)(F)F)cccc1C(=O)CCCl. The number of ketones is 1. The topological polar surface area (TPSA) is 26.3 Å². The highest BCUT2D eigenvalue weighted by Gasteiger charge is 2.32. The third-order valence-corrected chi connectivity index (χ3v) is 2.32. The summed E-state index contributed by atoms with van der Waals surface area (Å²) in [6.07, 6.45) is -4.68. The number of hydrogen-bond donors (Lipinski definition) is 0. The van der Waals surface area contributed by atoms with Gasteiger partial charge in [-0.1, -0.05) is 12.1 Å². The van der Waals surface area contributed by atoms with E-state index >= 15 is 0 Å². The predicted molar refractivity (Wildman–Crippen MR) is 57.5 cm³/mol. The third kappa shape index (κ3) is 3.93. The van der Waals surface area contributed by atoms with E-state index in [9.17, 15) is 18.0 Å². The standard InChI is InChI=1S/C11H10ClF3O2/c1-7-8(9(16)5-6-12)3-2-4-10(7)17-11(13,14)15/h2-4H,5-6H2,1H3. The maximum Gasteiger partial charge on any atom is 0.573 e. The molecule has 0 spiro atoms. The summed E-state index contributed by atoms with van der Waals surface area (Å²) in [5.41, 5.74) is 0.368. The number of Topliss-reactive ketones (excluding diaryl/α,β-unsaturated/α-hetero) is 1. The number of halogens is 4. The molecule has 0 bridgehead atoms. The Labute approximate surface area is 101 Å². The zero-order valence-electron chi connectivity index (χ0n) is 8.97. The van der Waals surface area contributed by atoms with Crippen LogP contribution in [0.5, 0.6) is 5.75 Å². The number of carbonyl (C=O) groups is 1. The van der Waals surface area contributed by atoms with Crippen molar-refractivity contribution in [3.05, 3.63) is 29.3 Å². The van der Waals surface area contributed by atoms with Crippen LogP contribution >= 0.6 is 11.6 Å². The molecule has 0 aliphatic heterocycles. The second kappa shape index (κ2) is 5.40. The molecule has 0 N–H and O–H groups in total. The summed E-state index contributed by atoms with van der Waals surface area (Å²) in [6, 6.07) is 3.96. The van der Waals surface area contributed by atoms with Crippen molar-refractivity contribution in [2.24, 2.45) is 0 Å². The molecule has 1 aromatic carbocycles. The van der Waals surface area contributed by atoms with Crippen LogP contribution in [0.25, 0.3) is 0 Å². The zero-order valence-corrected chi connectivity index (χ0v) is 9.73.